The van der Waals surface area contributed by atoms with Crippen LogP contribution in [0.1, 0.15) is 18.4 Å². The summed E-state index contributed by atoms with van der Waals surface area (Å²) in [6, 6.07) is 11.9. The van der Waals surface area contributed by atoms with E-state index in [0.29, 0.717) is 30.2 Å². The Morgan fingerprint density at radius 3 is 2.44 bits per heavy atom. The Labute approximate surface area is 204 Å². The van der Waals surface area contributed by atoms with Crippen molar-refractivity contribution in [3.05, 3.63) is 73.5 Å². The molecule has 1 aliphatic heterocycles. The molecule has 8 radical (unpaired) electrons. The van der Waals surface area contributed by atoms with Gasteiger partial charge in [-0.25, -0.2) is 15.0 Å². The second-order valence-electron chi connectivity index (χ2n) is 8.85. The predicted octanol–water partition coefficient (Wildman–Crippen LogP) is 2.69. The van der Waals surface area contributed by atoms with E-state index in [4.69, 9.17) is 31.4 Å². The zero-order valence-electron chi connectivity index (χ0n) is 18.9. The Hall–Kier alpha value is -3.41. The van der Waals surface area contributed by atoms with Gasteiger partial charge in [-0.15, -0.1) is 0 Å². The lowest BCUT2D eigenvalue weighted by atomic mass is 9.58. The second-order valence-corrected chi connectivity index (χ2v) is 8.85. The molecule has 0 unspecified atom stereocenters. The minimum atomic E-state index is -1.19. The smallest absolute Gasteiger partial charge is 0.130 e. The maximum Gasteiger partial charge on any atom is 0.130 e. The predicted molar refractivity (Wildman–Crippen MR) is 141 cm³/mol. The molecular weight excluding hydrogens is 416 g/mol. The quantitative estimate of drug-likeness (QED) is 0.489. The van der Waals surface area contributed by atoms with E-state index in [1.54, 1.807) is 17.4 Å². The third kappa shape index (κ3) is 4.02. The van der Waals surface area contributed by atoms with Crippen LogP contribution in [-0.4, -0.2) is 61.6 Å². The molecule has 0 bridgehead atoms. The highest BCUT2D eigenvalue weighted by molar-refractivity contribution is 6.48. The van der Waals surface area contributed by atoms with Crippen LogP contribution in [0.4, 0.5) is 11.6 Å². The van der Waals surface area contributed by atoms with Crippen LogP contribution in [0.25, 0.3) is 27.7 Å². The summed E-state index contributed by atoms with van der Waals surface area (Å²) in [5.41, 5.74) is 3.54. The zero-order valence-corrected chi connectivity index (χ0v) is 18.9. The standard InChI is InChI=1S/C24H20B4N6/c1-15(16-5-8-30-22(11-16)34-23(25,26)6-7-24(34,27)28)32-21-10-19-9-17(3-4-18(19)12-31-21)20-13-29-14-33(20)2/h3-5,8-14H,1,6-7H2,2H3,(H,31,32). The molecule has 6 nitrogen and oxygen atoms in total. The molecule has 1 saturated heterocycles. The van der Waals surface area contributed by atoms with Crippen LogP contribution in [-0.2, 0) is 7.05 Å². The molecule has 4 heterocycles. The van der Waals surface area contributed by atoms with Gasteiger partial charge in [0.15, 0.2) is 0 Å². The molecular formula is C24H20B4N6. The minimum absolute atomic E-state index is 0.451. The summed E-state index contributed by atoms with van der Waals surface area (Å²) in [5, 5.41) is 2.99. The molecule has 4 aromatic rings. The molecule has 0 spiro atoms. The van der Waals surface area contributed by atoms with Gasteiger partial charge in [0, 0.05) is 41.7 Å². The fourth-order valence-electron chi connectivity index (χ4n) is 4.40. The number of nitrogens with one attached hydrogen (secondary N) is 1. The van der Waals surface area contributed by atoms with Crippen molar-refractivity contribution < 1.29 is 0 Å². The van der Waals surface area contributed by atoms with Crippen molar-refractivity contribution in [3.63, 3.8) is 0 Å². The van der Waals surface area contributed by atoms with Crippen molar-refractivity contribution in [1.29, 1.82) is 0 Å². The first-order valence-corrected chi connectivity index (χ1v) is 10.9. The molecule has 1 N–H and O–H groups in total. The number of aromatic nitrogens is 4. The van der Waals surface area contributed by atoms with E-state index < -0.39 is 10.7 Å². The molecule has 1 aromatic carbocycles. The number of hydrogen-bond acceptors (Lipinski definition) is 5. The zero-order chi connectivity index (χ0) is 24.1. The molecule has 0 saturated carbocycles. The van der Waals surface area contributed by atoms with Crippen molar-refractivity contribution in [2.24, 2.45) is 7.05 Å². The summed E-state index contributed by atoms with van der Waals surface area (Å²) in [7, 11) is 26.9. The van der Waals surface area contributed by atoms with Crippen LogP contribution >= 0.6 is 0 Å². The Kier molecular flexibility index (Phi) is 5.34. The summed E-state index contributed by atoms with van der Waals surface area (Å²) in [6.45, 7) is 4.18. The summed E-state index contributed by atoms with van der Waals surface area (Å²) in [5.74, 6) is 1.15. The summed E-state index contributed by atoms with van der Waals surface area (Å²) in [4.78, 5) is 14.7. The monoisotopic (exact) mass is 436 g/mol. The Balaban J connectivity index is 1.42. The number of hydrogen-bond donors (Lipinski definition) is 1. The van der Waals surface area contributed by atoms with E-state index >= 15 is 0 Å². The van der Waals surface area contributed by atoms with Crippen LogP contribution in [0, 0.1) is 0 Å². The van der Waals surface area contributed by atoms with E-state index in [1.807, 2.05) is 48.3 Å². The van der Waals surface area contributed by atoms with Crippen molar-refractivity contribution in [2.75, 3.05) is 10.2 Å². The van der Waals surface area contributed by atoms with Crippen LogP contribution in [0.5, 0.6) is 0 Å². The minimum Gasteiger partial charge on any atom is -0.380 e. The van der Waals surface area contributed by atoms with Gasteiger partial charge in [-0.2, -0.15) is 0 Å². The van der Waals surface area contributed by atoms with Gasteiger partial charge in [0.1, 0.15) is 11.6 Å². The number of anilines is 2. The second kappa shape index (κ2) is 8.12. The molecule has 10 heteroatoms. The normalized spacial score (nSPS) is 16.6. The Morgan fingerprint density at radius 1 is 0.971 bits per heavy atom. The molecule has 3 aromatic heterocycles. The first kappa shape index (κ1) is 22.4. The van der Waals surface area contributed by atoms with Gasteiger partial charge in [-0.05, 0) is 53.2 Å². The molecule has 34 heavy (non-hydrogen) atoms. The fraction of sp³-hybridized carbons (Fsp3) is 0.208. The van der Waals surface area contributed by atoms with E-state index in [-0.39, 0.29) is 0 Å². The molecule has 158 valence electrons. The highest BCUT2D eigenvalue weighted by Gasteiger charge is 2.43. The molecule has 0 aliphatic carbocycles. The SMILES string of the molecule is [B]C1([B])CCC([B])([B])N1c1cc(C(=C)Nc2cc3cc(-c4cncn4C)ccc3cn2)ccn1. The largest absolute Gasteiger partial charge is 0.380 e. The highest BCUT2D eigenvalue weighted by atomic mass is 15.3. The fourth-order valence-corrected chi connectivity index (χ4v) is 4.40. The van der Waals surface area contributed by atoms with E-state index in [2.05, 4.69) is 39.0 Å². The first-order chi connectivity index (χ1) is 16.1. The number of imidazole rings is 1. The topological polar surface area (TPSA) is 58.9 Å². The molecule has 0 amide bonds. The van der Waals surface area contributed by atoms with E-state index in [9.17, 15) is 0 Å². The van der Waals surface area contributed by atoms with Gasteiger partial charge >= 0.3 is 0 Å². The number of benzene rings is 1. The molecule has 1 fully saturated rings. The maximum atomic E-state index is 6.24. The van der Waals surface area contributed by atoms with Gasteiger partial charge in [0.05, 0.1) is 49.6 Å². The lowest BCUT2D eigenvalue weighted by molar-refractivity contribution is 0.757. The van der Waals surface area contributed by atoms with Crippen molar-refractivity contribution >= 4 is 59.5 Å². The number of pyridine rings is 2. The maximum absolute atomic E-state index is 6.24. The highest BCUT2D eigenvalue weighted by Crippen LogP contribution is 2.38. The van der Waals surface area contributed by atoms with Gasteiger partial charge in [-0.3, -0.25) is 0 Å². The number of aryl methyl sites for hydroxylation is 1. The van der Waals surface area contributed by atoms with Gasteiger partial charge < -0.3 is 14.8 Å². The summed E-state index contributed by atoms with van der Waals surface area (Å²) >= 11 is 0. The van der Waals surface area contributed by atoms with Crippen LogP contribution in [0.2, 0.25) is 0 Å². The Bertz CT molecular complexity index is 1380. The summed E-state index contributed by atoms with van der Waals surface area (Å²) < 4.78 is 1.99. The molecule has 5 rings (SSSR count). The van der Waals surface area contributed by atoms with Crippen molar-refractivity contribution in [1.82, 2.24) is 19.5 Å². The number of fused-ring (bicyclic) bond motifs is 1. The van der Waals surface area contributed by atoms with Gasteiger partial charge in [-0.1, -0.05) is 18.7 Å². The Morgan fingerprint density at radius 2 is 1.74 bits per heavy atom. The summed E-state index contributed by atoms with van der Waals surface area (Å²) in [6.07, 6.45) is 8.01. The van der Waals surface area contributed by atoms with E-state index in [0.717, 1.165) is 27.6 Å². The lowest BCUT2D eigenvalue weighted by Gasteiger charge is -2.44. The third-order valence-electron chi connectivity index (χ3n) is 6.19. The van der Waals surface area contributed by atoms with Gasteiger partial charge in [0.2, 0.25) is 0 Å². The van der Waals surface area contributed by atoms with Crippen LogP contribution < -0.4 is 10.2 Å². The van der Waals surface area contributed by atoms with E-state index in [1.165, 1.54) is 0 Å². The van der Waals surface area contributed by atoms with Gasteiger partial charge in [0.25, 0.3) is 0 Å². The number of rotatable bonds is 5. The molecule has 1 aliphatic rings. The van der Waals surface area contributed by atoms with Crippen LogP contribution in [0.3, 0.4) is 0 Å². The average molecular weight is 436 g/mol. The first-order valence-electron chi connectivity index (χ1n) is 10.9. The molecule has 0 atom stereocenters. The van der Waals surface area contributed by atoms with Crippen molar-refractivity contribution in [2.45, 2.75) is 23.5 Å². The van der Waals surface area contributed by atoms with Crippen LogP contribution in [0.15, 0.2) is 67.9 Å². The van der Waals surface area contributed by atoms with Crippen molar-refractivity contribution in [3.8, 4) is 11.3 Å². The number of nitrogens with zero attached hydrogens (tertiary/aromatic N) is 5. The average Bonchev–Trinajstić information content (AvgIpc) is 3.32. The third-order valence-corrected chi connectivity index (χ3v) is 6.19. The lowest BCUT2D eigenvalue weighted by Crippen LogP contribution is -2.56.